The number of nitro groups is 1. The summed E-state index contributed by atoms with van der Waals surface area (Å²) in [4.78, 5) is 27.9. The third kappa shape index (κ3) is 6.20. The number of aliphatic imine (C=N–C) groups is 1. The quantitative estimate of drug-likeness (QED) is 0.223. The van der Waals surface area contributed by atoms with E-state index in [-0.39, 0.29) is 27.5 Å². The number of nitro benzene ring substituents is 1. The number of nitrogens with one attached hydrogen (secondary N) is 1. The maximum absolute atomic E-state index is 12.5. The van der Waals surface area contributed by atoms with Crippen LogP contribution in [0, 0.1) is 10.1 Å². The first kappa shape index (κ1) is 24.3. The van der Waals surface area contributed by atoms with Crippen LogP contribution in [0.15, 0.2) is 76.6 Å². The Morgan fingerprint density at radius 3 is 2.63 bits per heavy atom. The largest absolute Gasteiger partial charge is 0.490 e. The summed E-state index contributed by atoms with van der Waals surface area (Å²) in [5, 5.41) is 14.4. The minimum absolute atomic E-state index is 0.0991. The summed E-state index contributed by atoms with van der Waals surface area (Å²) in [6, 6.07) is 19.4. The number of ether oxygens (including phenoxy) is 2. The molecule has 1 amide bonds. The van der Waals surface area contributed by atoms with Crippen molar-refractivity contribution in [2.75, 3.05) is 6.61 Å². The molecule has 0 atom stereocenters. The van der Waals surface area contributed by atoms with Gasteiger partial charge in [-0.1, -0.05) is 48.0 Å². The molecule has 0 aromatic heterocycles. The smallest absolute Gasteiger partial charge is 0.296 e. The predicted molar refractivity (Wildman–Crippen MR) is 137 cm³/mol. The van der Waals surface area contributed by atoms with Crippen LogP contribution in [0.3, 0.4) is 0 Å². The first-order chi connectivity index (χ1) is 16.9. The number of halogens is 1. The fraction of sp³-hybridized carbons (Fsp3) is 0.120. The van der Waals surface area contributed by atoms with Gasteiger partial charge in [0, 0.05) is 11.1 Å². The number of carbonyl (C=O) groups is 1. The highest BCUT2D eigenvalue weighted by molar-refractivity contribution is 8.18. The number of hydrogen-bond donors (Lipinski definition) is 1. The van der Waals surface area contributed by atoms with Crippen LogP contribution >= 0.6 is 23.4 Å². The Balaban J connectivity index is 1.54. The van der Waals surface area contributed by atoms with Crippen molar-refractivity contribution in [1.29, 1.82) is 0 Å². The number of nitrogens with zero attached hydrogens (tertiary/aromatic N) is 2. The maximum atomic E-state index is 12.5. The van der Waals surface area contributed by atoms with Crippen LogP contribution in [-0.2, 0) is 11.4 Å². The molecule has 0 radical (unpaired) electrons. The Hall–Kier alpha value is -3.82. The van der Waals surface area contributed by atoms with Gasteiger partial charge in [0.2, 0.25) is 0 Å². The SMILES string of the molecule is CCOc1cc(/C=C2/SC(=Nc3ccc(Cl)cc3[N+](=O)[O-])NC2=O)ccc1OCc1ccccc1. The zero-order valence-corrected chi connectivity index (χ0v) is 20.1. The molecule has 1 aliphatic rings. The Morgan fingerprint density at radius 2 is 1.89 bits per heavy atom. The van der Waals surface area contributed by atoms with E-state index < -0.39 is 4.92 Å². The van der Waals surface area contributed by atoms with Crippen molar-refractivity contribution < 1.29 is 19.2 Å². The summed E-state index contributed by atoms with van der Waals surface area (Å²) >= 11 is 6.94. The van der Waals surface area contributed by atoms with E-state index >= 15 is 0 Å². The van der Waals surface area contributed by atoms with Gasteiger partial charge in [-0.05, 0) is 60.2 Å². The van der Waals surface area contributed by atoms with Crippen LogP contribution in [0.25, 0.3) is 6.08 Å². The van der Waals surface area contributed by atoms with E-state index in [4.69, 9.17) is 21.1 Å². The third-order valence-corrected chi connectivity index (χ3v) is 5.95. The van der Waals surface area contributed by atoms with Crippen molar-refractivity contribution in [1.82, 2.24) is 5.32 Å². The number of carbonyl (C=O) groups excluding carboxylic acids is 1. The number of benzene rings is 3. The lowest BCUT2D eigenvalue weighted by Gasteiger charge is -2.13. The zero-order valence-electron chi connectivity index (χ0n) is 18.6. The average Bonchev–Trinajstić information content (AvgIpc) is 3.18. The summed E-state index contributed by atoms with van der Waals surface area (Å²) in [5.74, 6) is 0.804. The third-order valence-electron chi connectivity index (χ3n) is 4.81. The number of amidine groups is 1. The molecule has 0 unspecified atom stereocenters. The molecule has 3 aromatic carbocycles. The molecule has 178 valence electrons. The first-order valence-corrected chi connectivity index (χ1v) is 11.8. The van der Waals surface area contributed by atoms with Gasteiger partial charge in [0.05, 0.1) is 16.4 Å². The van der Waals surface area contributed by atoms with E-state index in [1.165, 1.54) is 18.2 Å². The van der Waals surface area contributed by atoms with Gasteiger partial charge in [0.1, 0.15) is 12.3 Å². The molecule has 0 aliphatic carbocycles. The van der Waals surface area contributed by atoms with Gasteiger partial charge >= 0.3 is 0 Å². The van der Waals surface area contributed by atoms with Gasteiger partial charge in [0.25, 0.3) is 11.6 Å². The van der Waals surface area contributed by atoms with Gasteiger partial charge in [-0.15, -0.1) is 0 Å². The Morgan fingerprint density at radius 1 is 1.09 bits per heavy atom. The second-order valence-corrected chi connectivity index (χ2v) is 8.75. The molecular weight excluding hydrogens is 490 g/mol. The maximum Gasteiger partial charge on any atom is 0.296 e. The summed E-state index contributed by atoms with van der Waals surface area (Å²) in [5.41, 5.74) is 1.62. The van der Waals surface area contributed by atoms with E-state index in [1.807, 2.05) is 43.3 Å². The molecule has 0 spiro atoms. The molecule has 0 bridgehead atoms. The van der Waals surface area contributed by atoms with Crippen LogP contribution in [0.2, 0.25) is 5.02 Å². The van der Waals surface area contributed by atoms with Gasteiger partial charge in [0.15, 0.2) is 16.7 Å². The van der Waals surface area contributed by atoms with E-state index in [0.29, 0.717) is 29.6 Å². The fourth-order valence-corrected chi connectivity index (χ4v) is 4.22. The molecule has 3 aromatic rings. The van der Waals surface area contributed by atoms with E-state index in [2.05, 4.69) is 10.3 Å². The summed E-state index contributed by atoms with van der Waals surface area (Å²) in [6.07, 6.45) is 1.70. The summed E-state index contributed by atoms with van der Waals surface area (Å²) in [6.45, 7) is 2.73. The Bertz CT molecular complexity index is 1330. The molecule has 1 N–H and O–H groups in total. The molecule has 1 aliphatic heterocycles. The first-order valence-electron chi connectivity index (χ1n) is 10.6. The topological polar surface area (TPSA) is 103 Å². The highest BCUT2D eigenvalue weighted by atomic mass is 35.5. The Labute approximate surface area is 210 Å². The molecule has 0 saturated carbocycles. The van der Waals surface area contributed by atoms with Gasteiger partial charge in [-0.25, -0.2) is 4.99 Å². The molecule has 8 nitrogen and oxygen atoms in total. The van der Waals surface area contributed by atoms with Crippen molar-refractivity contribution in [3.05, 3.63) is 97.9 Å². The lowest BCUT2D eigenvalue weighted by molar-refractivity contribution is -0.384. The lowest BCUT2D eigenvalue weighted by atomic mass is 10.2. The normalized spacial score (nSPS) is 15.3. The molecule has 1 saturated heterocycles. The standard InChI is InChI=1S/C25H20ClN3O5S/c1-2-33-22-12-17(8-11-21(22)34-15-16-6-4-3-5-7-16)13-23-24(30)28-25(35-23)27-19-10-9-18(26)14-20(19)29(31)32/h3-14H,2,15H2,1H3,(H,27,28,30)/b23-13+. The highest BCUT2D eigenvalue weighted by Gasteiger charge is 2.25. The molecule has 1 heterocycles. The lowest BCUT2D eigenvalue weighted by Crippen LogP contribution is -2.19. The predicted octanol–water partition coefficient (Wildman–Crippen LogP) is 6.12. The monoisotopic (exact) mass is 509 g/mol. The summed E-state index contributed by atoms with van der Waals surface area (Å²) < 4.78 is 11.7. The van der Waals surface area contributed by atoms with E-state index in [0.717, 1.165) is 22.9 Å². The fourth-order valence-electron chi connectivity index (χ4n) is 3.22. The minimum Gasteiger partial charge on any atom is -0.490 e. The van der Waals surface area contributed by atoms with Crippen molar-refractivity contribution in [2.24, 2.45) is 4.99 Å². The van der Waals surface area contributed by atoms with Crippen LogP contribution in [0.5, 0.6) is 11.5 Å². The summed E-state index contributed by atoms with van der Waals surface area (Å²) in [7, 11) is 0. The molecular formula is C25H20ClN3O5S. The van der Waals surface area contributed by atoms with Gasteiger partial charge in [-0.3, -0.25) is 14.9 Å². The van der Waals surface area contributed by atoms with Crippen molar-refractivity contribution in [3.8, 4) is 11.5 Å². The van der Waals surface area contributed by atoms with Gasteiger partial charge < -0.3 is 14.8 Å². The van der Waals surface area contributed by atoms with Crippen LogP contribution in [-0.4, -0.2) is 22.6 Å². The zero-order chi connectivity index (χ0) is 24.8. The van der Waals surface area contributed by atoms with Crippen molar-refractivity contribution in [3.63, 3.8) is 0 Å². The molecule has 35 heavy (non-hydrogen) atoms. The number of thioether (sulfide) groups is 1. The number of amides is 1. The number of rotatable bonds is 8. The van der Waals surface area contributed by atoms with Crippen LogP contribution in [0.1, 0.15) is 18.1 Å². The van der Waals surface area contributed by atoms with Crippen LogP contribution < -0.4 is 14.8 Å². The second kappa shape index (κ2) is 11.1. The van der Waals surface area contributed by atoms with Crippen molar-refractivity contribution >= 4 is 51.9 Å². The number of hydrogen-bond acceptors (Lipinski definition) is 7. The highest BCUT2D eigenvalue weighted by Crippen LogP contribution is 2.35. The second-order valence-electron chi connectivity index (χ2n) is 7.29. The van der Waals surface area contributed by atoms with Crippen molar-refractivity contribution in [2.45, 2.75) is 13.5 Å². The Kier molecular flexibility index (Phi) is 7.69. The molecule has 10 heteroatoms. The average molecular weight is 510 g/mol. The van der Waals surface area contributed by atoms with Crippen LogP contribution in [0.4, 0.5) is 11.4 Å². The minimum atomic E-state index is -0.569. The van der Waals surface area contributed by atoms with Gasteiger partial charge in [-0.2, -0.15) is 0 Å². The van der Waals surface area contributed by atoms with E-state index in [1.54, 1.807) is 18.2 Å². The molecule has 4 rings (SSSR count). The van der Waals surface area contributed by atoms with E-state index in [9.17, 15) is 14.9 Å². The molecule has 1 fully saturated rings.